The van der Waals surface area contributed by atoms with Gasteiger partial charge in [0, 0.05) is 6.07 Å². The Hall–Kier alpha value is -3.15. The van der Waals surface area contributed by atoms with Crippen molar-refractivity contribution in [2.45, 2.75) is 0 Å². The van der Waals surface area contributed by atoms with Gasteiger partial charge in [0.15, 0.2) is 5.78 Å². The topological polar surface area (TPSA) is 47.8 Å². The Morgan fingerprint density at radius 3 is 2.52 bits per heavy atom. The van der Waals surface area contributed by atoms with Gasteiger partial charge in [0.25, 0.3) is 0 Å². The number of carbonyl (C=O) groups excluding carboxylic acids is 1. The molecule has 0 aliphatic rings. The third-order valence-corrected chi connectivity index (χ3v) is 3.20. The van der Waals surface area contributed by atoms with Crippen LogP contribution in [0.5, 0.6) is 0 Å². The molecule has 0 saturated heterocycles. The van der Waals surface area contributed by atoms with Crippen LogP contribution in [0, 0.1) is 11.6 Å². The number of allylic oxidation sites excluding steroid dienone is 1. The molecule has 1 aromatic heterocycles. The van der Waals surface area contributed by atoms with Gasteiger partial charge in [-0.2, -0.15) is 5.10 Å². The number of rotatable bonds is 4. The van der Waals surface area contributed by atoms with Crippen molar-refractivity contribution in [2.75, 3.05) is 0 Å². The lowest BCUT2D eigenvalue weighted by molar-refractivity contribution is 0.104. The van der Waals surface area contributed by atoms with E-state index in [1.807, 2.05) is 12.1 Å². The van der Waals surface area contributed by atoms with Crippen LogP contribution in [0.4, 0.5) is 8.78 Å². The molecule has 1 heterocycles. The Bertz CT molecular complexity index is 856. The van der Waals surface area contributed by atoms with Gasteiger partial charge in [-0.25, -0.2) is 18.4 Å². The van der Waals surface area contributed by atoms with Crippen LogP contribution >= 0.6 is 0 Å². The van der Waals surface area contributed by atoms with Gasteiger partial charge in [-0.15, -0.1) is 0 Å². The number of ketones is 1. The van der Waals surface area contributed by atoms with Gasteiger partial charge in [-0.3, -0.25) is 4.79 Å². The summed E-state index contributed by atoms with van der Waals surface area (Å²) in [6, 6.07) is 10.1. The number of halogens is 2. The number of aromatic nitrogens is 3. The Balaban J connectivity index is 1.76. The molecule has 3 rings (SSSR count). The van der Waals surface area contributed by atoms with E-state index < -0.39 is 17.4 Å². The van der Waals surface area contributed by atoms with E-state index >= 15 is 0 Å². The van der Waals surface area contributed by atoms with E-state index in [1.54, 1.807) is 29.2 Å². The van der Waals surface area contributed by atoms with E-state index in [0.717, 1.165) is 23.4 Å². The lowest BCUT2D eigenvalue weighted by atomic mass is 10.1. The highest BCUT2D eigenvalue weighted by atomic mass is 19.1. The molecule has 114 valence electrons. The Morgan fingerprint density at radius 2 is 1.87 bits per heavy atom. The maximum atomic E-state index is 13.5. The van der Waals surface area contributed by atoms with Gasteiger partial charge in [0.1, 0.15) is 24.3 Å². The lowest BCUT2D eigenvalue weighted by Crippen LogP contribution is -1.99. The van der Waals surface area contributed by atoms with E-state index in [0.29, 0.717) is 6.07 Å². The zero-order valence-corrected chi connectivity index (χ0v) is 11.9. The van der Waals surface area contributed by atoms with Crippen LogP contribution < -0.4 is 0 Å². The van der Waals surface area contributed by atoms with Crippen molar-refractivity contribution >= 4 is 11.9 Å². The van der Waals surface area contributed by atoms with Crippen LogP contribution in [-0.2, 0) is 0 Å². The number of carbonyl (C=O) groups is 1. The van der Waals surface area contributed by atoms with Crippen LogP contribution in [-0.4, -0.2) is 20.5 Å². The minimum absolute atomic E-state index is 0.165. The number of hydrogen-bond acceptors (Lipinski definition) is 3. The molecule has 23 heavy (non-hydrogen) atoms. The zero-order valence-electron chi connectivity index (χ0n) is 11.9. The maximum absolute atomic E-state index is 13.5. The number of nitrogens with zero attached hydrogens (tertiary/aromatic N) is 3. The molecule has 0 unspecified atom stereocenters. The average Bonchev–Trinajstić information content (AvgIpc) is 3.07. The third-order valence-electron chi connectivity index (χ3n) is 3.20. The van der Waals surface area contributed by atoms with E-state index in [4.69, 9.17) is 0 Å². The van der Waals surface area contributed by atoms with E-state index in [1.165, 1.54) is 12.4 Å². The molecule has 0 N–H and O–H groups in total. The van der Waals surface area contributed by atoms with Gasteiger partial charge >= 0.3 is 0 Å². The van der Waals surface area contributed by atoms with E-state index in [-0.39, 0.29) is 5.56 Å². The summed E-state index contributed by atoms with van der Waals surface area (Å²) in [4.78, 5) is 15.8. The Morgan fingerprint density at radius 1 is 1.09 bits per heavy atom. The molecular formula is C17H11F2N3O. The number of hydrogen-bond donors (Lipinski definition) is 0. The van der Waals surface area contributed by atoms with Crippen molar-refractivity contribution in [3.05, 3.63) is 84.0 Å². The summed E-state index contributed by atoms with van der Waals surface area (Å²) in [7, 11) is 0. The Labute approximate surface area is 130 Å². The minimum atomic E-state index is -0.874. The van der Waals surface area contributed by atoms with E-state index in [9.17, 15) is 13.6 Å². The molecule has 0 aliphatic carbocycles. The molecule has 0 aliphatic heterocycles. The molecule has 0 fully saturated rings. The highest BCUT2D eigenvalue weighted by molar-refractivity contribution is 6.06. The number of benzene rings is 2. The predicted molar refractivity (Wildman–Crippen MR) is 81.1 cm³/mol. The minimum Gasteiger partial charge on any atom is -0.289 e. The first-order valence-corrected chi connectivity index (χ1v) is 6.76. The van der Waals surface area contributed by atoms with Gasteiger partial charge in [-0.1, -0.05) is 18.2 Å². The predicted octanol–water partition coefficient (Wildman–Crippen LogP) is 3.44. The van der Waals surface area contributed by atoms with Crippen LogP contribution in [0.1, 0.15) is 15.9 Å². The van der Waals surface area contributed by atoms with Crippen LogP contribution in [0.25, 0.3) is 11.8 Å². The van der Waals surface area contributed by atoms with Crippen molar-refractivity contribution in [1.82, 2.24) is 14.8 Å². The highest BCUT2D eigenvalue weighted by Crippen LogP contribution is 2.13. The highest BCUT2D eigenvalue weighted by Gasteiger charge is 2.09. The second-order valence-corrected chi connectivity index (χ2v) is 4.75. The first-order chi connectivity index (χ1) is 11.1. The smallest absolute Gasteiger partial charge is 0.188 e. The molecule has 6 heteroatoms. The summed E-state index contributed by atoms with van der Waals surface area (Å²) in [5.74, 6) is -2.12. The van der Waals surface area contributed by atoms with Gasteiger partial charge in [0.2, 0.25) is 0 Å². The summed E-state index contributed by atoms with van der Waals surface area (Å²) in [5.41, 5.74) is 1.43. The standard InChI is InChI=1S/C17H11F2N3O/c18-13-4-7-15(16(19)9-13)17(23)8-3-12-1-5-14(6-2-12)22-11-20-10-21-22/h1-11H/b8-3+. The first-order valence-electron chi connectivity index (χ1n) is 6.76. The molecule has 0 spiro atoms. The molecule has 0 bridgehead atoms. The molecule has 0 amide bonds. The van der Waals surface area contributed by atoms with Crippen LogP contribution in [0.2, 0.25) is 0 Å². The van der Waals surface area contributed by atoms with Crippen molar-refractivity contribution in [2.24, 2.45) is 0 Å². The summed E-state index contributed by atoms with van der Waals surface area (Å²) in [5, 5.41) is 4.01. The molecule has 3 aromatic rings. The maximum Gasteiger partial charge on any atom is 0.188 e. The molecular weight excluding hydrogens is 300 g/mol. The van der Waals surface area contributed by atoms with Crippen molar-refractivity contribution in [3.8, 4) is 5.69 Å². The first kappa shape index (κ1) is 14.8. The van der Waals surface area contributed by atoms with Gasteiger partial charge < -0.3 is 0 Å². The molecule has 0 saturated carbocycles. The lowest BCUT2D eigenvalue weighted by Gasteiger charge is -2.01. The van der Waals surface area contributed by atoms with Crippen molar-refractivity contribution in [1.29, 1.82) is 0 Å². The summed E-state index contributed by atoms with van der Waals surface area (Å²) < 4.78 is 28.0. The monoisotopic (exact) mass is 311 g/mol. The second kappa shape index (κ2) is 6.31. The van der Waals surface area contributed by atoms with E-state index in [2.05, 4.69) is 10.1 Å². The molecule has 0 atom stereocenters. The zero-order chi connectivity index (χ0) is 16.2. The Kier molecular flexibility index (Phi) is 4.05. The van der Waals surface area contributed by atoms with Gasteiger partial charge in [0.05, 0.1) is 11.3 Å². The fourth-order valence-electron chi connectivity index (χ4n) is 2.03. The largest absolute Gasteiger partial charge is 0.289 e. The normalized spacial score (nSPS) is 11.0. The van der Waals surface area contributed by atoms with Crippen LogP contribution in [0.3, 0.4) is 0 Å². The molecule has 2 aromatic carbocycles. The average molecular weight is 311 g/mol. The fourth-order valence-corrected chi connectivity index (χ4v) is 2.03. The summed E-state index contributed by atoms with van der Waals surface area (Å²) in [6.45, 7) is 0. The second-order valence-electron chi connectivity index (χ2n) is 4.75. The SMILES string of the molecule is O=C(/C=C/c1ccc(-n2cncn2)cc1)c1ccc(F)cc1F. The quantitative estimate of drug-likeness (QED) is 0.548. The van der Waals surface area contributed by atoms with Gasteiger partial charge in [-0.05, 0) is 35.9 Å². The fraction of sp³-hybridized carbons (Fsp3) is 0. The van der Waals surface area contributed by atoms with Crippen LogP contribution in [0.15, 0.2) is 61.2 Å². The molecule has 0 radical (unpaired) electrons. The summed E-state index contributed by atoms with van der Waals surface area (Å²) in [6.07, 6.45) is 5.83. The van der Waals surface area contributed by atoms with Crippen molar-refractivity contribution in [3.63, 3.8) is 0 Å². The molecule has 4 nitrogen and oxygen atoms in total. The third kappa shape index (κ3) is 3.37. The summed E-state index contributed by atoms with van der Waals surface area (Å²) >= 11 is 0. The van der Waals surface area contributed by atoms with Crippen molar-refractivity contribution < 1.29 is 13.6 Å².